The maximum atomic E-state index is 13.4. The zero-order valence-electron chi connectivity index (χ0n) is 29.3. The molecule has 0 heterocycles. The highest BCUT2D eigenvalue weighted by Crippen LogP contribution is 2.14. The second-order valence-electron chi connectivity index (χ2n) is 13.4. The van der Waals surface area contributed by atoms with Gasteiger partial charge >= 0.3 is 5.97 Å². The van der Waals surface area contributed by atoms with Crippen molar-refractivity contribution >= 4 is 35.5 Å². The molecule has 0 saturated carbocycles. The maximum Gasteiger partial charge on any atom is 0.306 e. The van der Waals surface area contributed by atoms with Gasteiger partial charge in [0.25, 0.3) is 0 Å². The Labute approximate surface area is 283 Å². The third kappa shape index (κ3) is 15.2. The van der Waals surface area contributed by atoms with Gasteiger partial charge in [-0.3, -0.25) is 28.8 Å². The Morgan fingerprint density at radius 1 is 0.646 bits per heavy atom. The van der Waals surface area contributed by atoms with E-state index in [1.165, 1.54) is 13.8 Å². The van der Waals surface area contributed by atoms with Gasteiger partial charge in [-0.2, -0.15) is 0 Å². The molecule has 14 nitrogen and oxygen atoms in total. The van der Waals surface area contributed by atoms with Crippen molar-refractivity contribution < 1.29 is 44.1 Å². The van der Waals surface area contributed by atoms with Crippen LogP contribution >= 0.6 is 0 Å². The molecule has 7 atom stereocenters. The Morgan fingerprint density at radius 2 is 1.15 bits per heavy atom. The summed E-state index contributed by atoms with van der Waals surface area (Å²) in [7, 11) is 0. The fraction of sp³-hybridized carbons (Fsp3) is 0.647. The number of carbonyl (C=O) groups is 6. The third-order valence-electron chi connectivity index (χ3n) is 7.71. The van der Waals surface area contributed by atoms with Gasteiger partial charge in [-0.1, -0.05) is 71.9 Å². The molecule has 0 aliphatic carbocycles. The Bertz CT molecular complexity index is 1220. The minimum absolute atomic E-state index is 0.00803. The van der Waals surface area contributed by atoms with E-state index in [1.807, 2.05) is 13.8 Å². The number of amides is 5. The van der Waals surface area contributed by atoms with E-state index in [-0.39, 0.29) is 30.1 Å². The normalized spacial score (nSPS) is 15.8. The first-order valence-corrected chi connectivity index (χ1v) is 16.4. The molecule has 0 unspecified atom stereocenters. The number of nitrogens with one attached hydrogen (secondary N) is 5. The number of aliphatic carboxylic acids is 1. The molecule has 1 aromatic carbocycles. The number of carboxylic acids is 1. The summed E-state index contributed by atoms with van der Waals surface area (Å²) in [6.07, 6.45) is -3.33. The zero-order chi connectivity index (χ0) is 36.7. The number of hydrogen-bond donors (Lipinski definition) is 8. The lowest BCUT2D eigenvalue weighted by Crippen LogP contribution is -2.59. The Hall–Kier alpha value is -4.04. The van der Waals surface area contributed by atoms with Gasteiger partial charge in [-0.15, -0.1) is 0 Å². The number of aliphatic hydroxyl groups excluding tert-OH is 2. The molecular weight excluding hydrogens is 622 g/mol. The van der Waals surface area contributed by atoms with Crippen LogP contribution in [0.25, 0.3) is 0 Å². The first-order valence-electron chi connectivity index (χ1n) is 16.4. The minimum Gasteiger partial charge on any atom is -0.481 e. The quantitative estimate of drug-likeness (QED) is 0.0968. The van der Waals surface area contributed by atoms with Crippen LogP contribution in [0.2, 0.25) is 0 Å². The molecule has 1 aromatic rings. The van der Waals surface area contributed by atoms with Crippen LogP contribution in [0.3, 0.4) is 0 Å². The number of aliphatic hydroxyl groups is 2. The molecule has 0 fully saturated rings. The van der Waals surface area contributed by atoms with Crippen LogP contribution in [0, 0.1) is 17.8 Å². The number of carbonyl (C=O) groups excluding carboxylic acids is 5. The van der Waals surface area contributed by atoms with E-state index >= 15 is 0 Å². The van der Waals surface area contributed by atoms with Crippen molar-refractivity contribution in [3.63, 3.8) is 0 Å². The summed E-state index contributed by atoms with van der Waals surface area (Å²) in [5.41, 5.74) is 0.761. The van der Waals surface area contributed by atoms with E-state index in [0.717, 1.165) is 5.56 Å². The van der Waals surface area contributed by atoms with Crippen molar-refractivity contribution in [3.8, 4) is 0 Å². The molecule has 0 radical (unpaired) electrons. The van der Waals surface area contributed by atoms with Crippen LogP contribution in [0.4, 0.5) is 0 Å². The van der Waals surface area contributed by atoms with E-state index in [2.05, 4.69) is 26.6 Å². The van der Waals surface area contributed by atoms with Gasteiger partial charge in [-0.25, -0.2) is 0 Å². The minimum atomic E-state index is -1.39. The largest absolute Gasteiger partial charge is 0.481 e. The van der Waals surface area contributed by atoms with Crippen molar-refractivity contribution in [2.75, 3.05) is 0 Å². The molecule has 1 rings (SSSR count). The van der Waals surface area contributed by atoms with Gasteiger partial charge in [-0.05, 0) is 43.1 Å². The van der Waals surface area contributed by atoms with E-state index in [0.29, 0.717) is 6.42 Å². The molecule has 0 aliphatic rings. The highest BCUT2D eigenvalue weighted by Gasteiger charge is 2.33. The summed E-state index contributed by atoms with van der Waals surface area (Å²) in [5.74, 6) is -4.64. The molecule has 0 saturated heterocycles. The van der Waals surface area contributed by atoms with Gasteiger partial charge in [0.05, 0.1) is 37.1 Å². The fourth-order valence-electron chi connectivity index (χ4n) is 5.10. The lowest BCUT2D eigenvalue weighted by molar-refractivity contribution is -0.140. The molecule has 5 amide bonds. The SMILES string of the molecule is CC(=O)N[C@H](C(=O)N[C@H](C(=O)N[C@H](CC(C)C)[C@H](O)CC(=O)N[C@@H](C)C(=O)N[C@@H](Cc1ccccc1)[C@H](O)CC(=O)O)C(C)C)C(C)C. The molecular formula is C34H55N5O9. The highest BCUT2D eigenvalue weighted by molar-refractivity contribution is 5.92. The van der Waals surface area contributed by atoms with Crippen molar-refractivity contribution in [1.29, 1.82) is 0 Å². The molecule has 270 valence electrons. The van der Waals surface area contributed by atoms with E-state index in [4.69, 9.17) is 5.11 Å². The van der Waals surface area contributed by atoms with Crippen LogP contribution < -0.4 is 26.6 Å². The van der Waals surface area contributed by atoms with Crippen LogP contribution in [0.1, 0.15) is 80.2 Å². The summed E-state index contributed by atoms with van der Waals surface area (Å²) in [6, 6.07) is 4.13. The number of rotatable bonds is 20. The predicted molar refractivity (Wildman–Crippen MR) is 179 cm³/mol. The smallest absolute Gasteiger partial charge is 0.306 e. The molecule has 14 heteroatoms. The van der Waals surface area contributed by atoms with Crippen molar-refractivity contribution in [3.05, 3.63) is 35.9 Å². The second-order valence-corrected chi connectivity index (χ2v) is 13.4. The molecule has 0 aliphatic heterocycles. The molecule has 0 spiro atoms. The van der Waals surface area contributed by atoms with Crippen LogP contribution in [0.15, 0.2) is 30.3 Å². The number of carboxylic acid groups (broad SMARTS) is 1. The van der Waals surface area contributed by atoms with E-state index < -0.39 is 84.9 Å². The third-order valence-corrected chi connectivity index (χ3v) is 7.71. The van der Waals surface area contributed by atoms with Crippen LogP contribution in [-0.4, -0.2) is 93.2 Å². The predicted octanol–water partition coefficient (Wildman–Crippen LogP) is 0.638. The first-order chi connectivity index (χ1) is 22.3. The van der Waals surface area contributed by atoms with Crippen molar-refractivity contribution in [2.45, 2.75) is 123 Å². The zero-order valence-corrected chi connectivity index (χ0v) is 29.3. The van der Waals surface area contributed by atoms with Crippen LogP contribution in [-0.2, 0) is 35.2 Å². The molecule has 0 bridgehead atoms. The monoisotopic (exact) mass is 677 g/mol. The standard InChI is InChI=1S/C34H55N5O9/c1-18(2)14-24(38-33(47)31(20(5)6)39-34(48)30(19(3)4)36-22(8)40)26(41)16-28(43)35-21(7)32(46)37-25(27(42)17-29(44)45)15-23-12-10-9-11-13-23/h9-13,18-21,24-27,30-31,41-42H,14-17H2,1-8H3,(H,35,43)(H,36,40)(H,37,46)(H,38,47)(H,39,48)(H,44,45)/t21-,24+,25-,26+,27+,30-,31-/m0/s1. The van der Waals surface area contributed by atoms with Crippen LogP contribution in [0.5, 0.6) is 0 Å². The highest BCUT2D eigenvalue weighted by atomic mass is 16.4. The first kappa shape index (κ1) is 42.0. The maximum absolute atomic E-state index is 13.4. The van der Waals surface area contributed by atoms with E-state index in [1.54, 1.807) is 58.0 Å². The fourth-order valence-corrected chi connectivity index (χ4v) is 5.10. The summed E-state index contributed by atoms with van der Waals surface area (Å²) < 4.78 is 0. The lowest BCUT2D eigenvalue weighted by atomic mass is 9.95. The Balaban J connectivity index is 2.96. The van der Waals surface area contributed by atoms with Gasteiger partial charge in [0.15, 0.2) is 0 Å². The summed E-state index contributed by atoms with van der Waals surface area (Å²) >= 11 is 0. The lowest BCUT2D eigenvalue weighted by Gasteiger charge is -2.31. The Morgan fingerprint density at radius 3 is 1.65 bits per heavy atom. The molecule has 8 N–H and O–H groups in total. The van der Waals surface area contributed by atoms with Gasteiger partial charge in [0, 0.05) is 6.92 Å². The number of benzene rings is 1. The van der Waals surface area contributed by atoms with Crippen molar-refractivity contribution in [1.82, 2.24) is 26.6 Å². The number of hydrogen-bond acceptors (Lipinski definition) is 8. The summed E-state index contributed by atoms with van der Waals surface area (Å²) in [6.45, 7) is 13.5. The topological polar surface area (TPSA) is 223 Å². The summed E-state index contributed by atoms with van der Waals surface area (Å²) in [5, 5.41) is 43.9. The molecule has 48 heavy (non-hydrogen) atoms. The molecule has 0 aromatic heterocycles. The van der Waals surface area contributed by atoms with Gasteiger partial charge in [0.1, 0.15) is 18.1 Å². The average Bonchev–Trinajstić information content (AvgIpc) is 2.97. The van der Waals surface area contributed by atoms with Crippen molar-refractivity contribution in [2.24, 2.45) is 17.8 Å². The second kappa shape index (κ2) is 20.4. The van der Waals surface area contributed by atoms with Gasteiger partial charge < -0.3 is 41.9 Å². The van der Waals surface area contributed by atoms with E-state index in [9.17, 15) is 39.0 Å². The Kier molecular flexibility index (Phi) is 17.8. The average molecular weight is 678 g/mol. The van der Waals surface area contributed by atoms with Gasteiger partial charge in [0.2, 0.25) is 29.5 Å². The summed E-state index contributed by atoms with van der Waals surface area (Å²) in [4.78, 5) is 75.2.